The SMILES string of the molecule is Cc1cccc(/C=N/Nc2cc(N3CCOCC3)nc(OCCNC(=O)CCCCCCCCCCC(=O)N[C@H](C(=O)N3C[C@H](O)C[C@H]3C(=O)NCc3ccc(-c4scnc4C)cc3)C(C)(C)C)n2)c1. The van der Waals surface area contributed by atoms with Gasteiger partial charge in [-0.1, -0.05) is 113 Å². The quantitative estimate of drug-likeness (QED) is 0.0267. The average molecular weight is 981 g/mol. The predicted molar refractivity (Wildman–Crippen MR) is 274 cm³/mol. The van der Waals surface area contributed by atoms with Crippen LogP contribution in [0.25, 0.3) is 10.4 Å². The number of β-amino-alcohol motifs (C(OH)–C–C–N with tert-alkyl or cyclic N) is 1. The minimum atomic E-state index is -0.857. The number of benzene rings is 2. The summed E-state index contributed by atoms with van der Waals surface area (Å²) in [5.74, 6) is 0.284. The molecule has 0 saturated carbocycles. The van der Waals surface area contributed by atoms with E-state index in [4.69, 9.17) is 9.47 Å². The number of unbranched alkanes of at least 4 members (excludes halogenated alkanes) is 7. The summed E-state index contributed by atoms with van der Waals surface area (Å²) >= 11 is 1.58. The maximum atomic E-state index is 14.0. The summed E-state index contributed by atoms with van der Waals surface area (Å²) < 4.78 is 11.4. The molecule has 2 saturated heterocycles. The van der Waals surface area contributed by atoms with Crippen LogP contribution in [0.15, 0.2) is 65.2 Å². The van der Waals surface area contributed by atoms with Gasteiger partial charge in [0.05, 0.1) is 48.2 Å². The number of anilines is 2. The molecule has 4 aromatic rings. The van der Waals surface area contributed by atoms with Gasteiger partial charge in [0.2, 0.25) is 23.6 Å². The Morgan fingerprint density at radius 1 is 0.914 bits per heavy atom. The number of nitrogens with zero attached hydrogens (tertiary/aromatic N) is 6. The number of thiazole rings is 1. The second kappa shape index (κ2) is 26.8. The molecule has 2 aromatic heterocycles. The molecule has 0 bridgehead atoms. The summed E-state index contributed by atoms with van der Waals surface area (Å²) in [6.45, 7) is 13.2. The lowest BCUT2D eigenvalue weighted by Crippen LogP contribution is -2.57. The fourth-order valence-electron chi connectivity index (χ4n) is 8.48. The van der Waals surface area contributed by atoms with Crippen LogP contribution in [-0.2, 0) is 30.5 Å². The molecule has 0 unspecified atom stereocenters. The number of aryl methyl sites for hydroxylation is 2. The van der Waals surface area contributed by atoms with E-state index in [1.54, 1.807) is 17.6 Å². The van der Waals surface area contributed by atoms with E-state index in [1.807, 2.05) is 94.7 Å². The Labute approximate surface area is 416 Å². The van der Waals surface area contributed by atoms with Gasteiger partial charge in [0.15, 0.2) is 5.82 Å². The summed E-state index contributed by atoms with van der Waals surface area (Å²) in [7, 11) is 0. The lowest BCUT2D eigenvalue weighted by atomic mass is 9.85. The predicted octanol–water partition coefficient (Wildman–Crippen LogP) is 6.70. The highest BCUT2D eigenvalue weighted by Gasteiger charge is 2.44. The van der Waals surface area contributed by atoms with Crippen molar-refractivity contribution >= 4 is 52.8 Å². The third-order valence-electron chi connectivity index (χ3n) is 12.4. The van der Waals surface area contributed by atoms with Crippen LogP contribution in [0.4, 0.5) is 11.6 Å². The first kappa shape index (κ1) is 53.4. The molecule has 0 radical (unpaired) electrons. The van der Waals surface area contributed by atoms with Crippen LogP contribution in [0, 0.1) is 19.3 Å². The van der Waals surface area contributed by atoms with Crippen LogP contribution in [-0.4, -0.2) is 119 Å². The minimum absolute atomic E-state index is 0.0207. The van der Waals surface area contributed by atoms with Gasteiger partial charge in [0.1, 0.15) is 24.5 Å². The highest BCUT2D eigenvalue weighted by molar-refractivity contribution is 7.13. The first-order chi connectivity index (χ1) is 33.7. The number of morpholine rings is 1. The van der Waals surface area contributed by atoms with Crippen LogP contribution in [0.2, 0.25) is 0 Å². The standard InChI is InChI=1S/C52H72N10O7S/c1-36-15-14-16-39(29-36)33-56-60-43-31-44(61-24-27-68-28-25-61)58-51(57-43)69-26-23-53-45(64)17-12-10-8-6-7-9-11-13-18-46(65)59-48(52(3,4)5)50(67)62-34-41(63)30-42(62)49(66)54-32-38-19-21-40(22-20-38)47-37(2)55-35-70-47/h14-16,19-22,29,31,33,35,41-42,48,63H,6-13,17-18,23-28,30,32,34H2,1-5H3,(H,53,64)(H,54,66)(H,59,65)(H,57,58,60)/b56-33+/t41-,42+,48-/m1/s1. The topological polar surface area (TPSA) is 213 Å². The lowest BCUT2D eigenvalue weighted by Gasteiger charge is -2.35. The number of likely N-dealkylation sites (tertiary alicyclic amines) is 1. The van der Waals surface area contributed by atoms with Gasteiger partial charge in [-0.15, -0.1) is 11.3 Å². The van der Waals surface area contributed by atoms with Crippen molar-refractivity contribution < 1.29 is 33.8 Å². The molecule has 6 rings (SSSR count). The number of nitrogens with one attached hydrogen (secondary N) is 4. The van der Waals surface area contributed by atoms with Gasteiger partial charge in [-0.2, -0.15) is 15.1 Å². The van der Waals surface area contributed by atoms with Crippen LogP contribution >= 0.6 is 11.3 Å². The van der Waals surface area contributed by atoms with Gasteiger partial charge in [-0.25, -0.2) is 4.98 Å². The van der Waals surface area contributed by atoms with E-state index in [1.165, 1.54) is 4.90 Å². The smallest absolute Gasteiger partial charge is 0.320 e. The van der Waals surface area contributed by atoms with E-state index in [2.05, 4.69) is 46.3 Å². The number of rotatable bonds is 25. The molecule has 0 spiro atoms. The molecule has 4 heterocycles. The second-order valence-corrected chi connectivity index (χ2v) is 20.1. The number of hydrogen-bond acceptors (Lipinski definition) is 14. The Kier molecular flexibility index (Phi) is 20.5. The highest BCUT2D eigenvalue weighted by atomic mass is 32.1. The Morgan fingerprint density at radius 3 is 2.29 bits per heavy atom. The van der Waals surface area contributed by atoms with Crippen molar-refractivity contribution in [2.24, 2.45) is 10.5 Å². The second-order valence-electron chi connectivity index (χ2n) is 19.2. The zero-order valence-electron chi connectivity index (χ0n) is 41.5. The van der Waals surface area contributed by atoms with Gasteiger partial charge in [-0.05, 0) is 48.8 Å². The number of aliphatic hydroxyl groups excluding tert-OH is 1. The molecule has 17 nitrogen and oxygen atoms in total. The van der Waals surface area contributed by atoms with Crippen LogP contribution in [0.1, 0.15) is 114 Å². The monoisotopic (exact) mass is 981 g/mol. The molecule has 378 valence electrons. The molecule has 2 aliphatic heterocycles. The zero-order chi connectivity index (χ0) is 49.9. The molecular weight excluding hydrogens is 909 g/mol. The van der Waals surface area contributed by atoms with Crippen molar-refractivity contribution in [1.29, 1.82) is 0 Å². The zero-order valence-corrected chi connectivity index (χ0v) is 42.3. The minimum Gasteiger partial charge on any atom is -0.461 e. The molecule has 4 amide bonds. The Hall–Kier alpha value is -5.98. The molecule has 70 heavy (non-hydrogen) atoms. The molecule has 2 aliphatic rings. The third kappa shape index (κ3) is 16.9. The fraction of sp³-hybridized carbons (Fsp3) is 0.538. The first-order valence-electron chi connectivity index (χ1n) is 24.8. The molecule has 3 atom stereocenters. The molecule has 2 fully saturated rings. The molecule has 0 aliphatic carbocycles. The van der Waals surface area contributed by atoms with E-state index in [9.17, 15) is 24.3 Å². The van der Waals surface area contributed by atoms with E-state index in [0.29, 0.717) is 63.7 Å². The summed E-state index contributed by atoms with van der Waals surface area (Å²) in [6.07, 6.45) is 9.23. The first-order valence-corrected chi connectivity index (χ1v) is 25.6. The van der Waals surface area contributed by atoms with E-state index < -0.39 is 23.6 Å². The number of aliphatic hydroxyl groups is 1. The number of aromatic nitrogens is 3. The number of amides is 4. The lowest BCUT2D eigenvalue weighted by molar-refractivity contribution is -0.144. The van der Waals surface area contributed by atoms with Crippen molar-refractivity contribution in [1.82, 2.24) is 35.8 Å². The Bertz CT molecular complexity index is 2350. The van der Waals surface area contributed by atoms with Crippen molar-refractivity contribution in [3.05, 3.63) is 82.5 Å². The van der Waals surface area contributed by atoms with Gasteiger partial charge < -0.3 is 40.3 Å². The molecule has 18 heteroatoms. The van der Waals surface area contributed by atoms with Crippen LogP contribution in [0.3, 0.4) is 0 Å². The maximum Gasteiger partial charge on any atom is 0.320 e. The van der Waals surface area contributed by atoms with E-state index in [-0.39, 0.29) is 55.8 Å². The summed E-state index contributed by atoms with van der Waals surface area (Å²) in [4.78, 5) is 71.2. The van der Waals surface area contributed by atoms with Crippen molar-refractivity contribution in [3.8, 4) is 16.5 Å². The number of carbonyl (C=O) groups excluding carboxylic acids is 4. The summed E-state index contributed by atoms with van der Waals surface area (Å²) in [6, 6.07) is 16.3. The van der Waals surface area contributed by atoms with E-state index in [0.717, 1.165) is 77.8 Å². The number of carbonyl (C=O) groups is 4. The summed E-state index contributed by atoms with van der Waals surface area (Å²) in [5, 5.41) is 23.8. The molecular formula is C52H72N10O7S. The molecule has 5 N–H and O–H groups in total. The van der Waals surface area contributed by atoms with Crippen molar-refractivity contribution in [3.63, 3.8) is 0 Å². The van der Waals surface area contributed by atoms with Gasteiger partial charge in [-0.3, -0.25) is 24.6 Å². The third-order valence-corrected chi connectivity index (χ3v) is 13.4. The van der Waals surface area contributed by atoms with Crippen molar-refractivity contribution in [2.45, 2.75) is 130 Å². The van der Waals surface area contributed by atoms with Gasteiger partial charge >= 0.3 is 6.01 Å². The fourth-order valence-corrected chi connectivity index (χ4v) is 9.29. The Balaban J connectivity index is 0.823. The van der Waals surface area contributed by atoms with Crippen molar-refractivity contribution in [2.75, 3.05) is 56.3 Å². The highest BCUT2D eigenvalue weighted by Crippen LogP contribution is 2.29. The average Bonchev–Trinajstić information content (AvgIpc) is 3.96. The van der Waals surface area contributed by atoms with E-state index >= 15 is 0 Å². The number of ether oxygens (including phenoxy) is 2. The van der Waals surface area contributed by atoms with Crippen LogP contribution < -0.4 is 31.0 Å². The van der Waals surface area contributed by atoms with Gasteiger partial charge in [0.25, 0.3) is 0 Å². The summed E-state index contributed by atoms with van der Waals surface area (Å²) in [5.41, 5.74) is 9.26. The maximum absolute atomic E-state index is 14.0. The van der Waals surface area contributed by atoms with Gasteiger partial charge in [0, 0.05) is 51.5 Å². The number of hydrazone groups is 1. The largest absolute Gasteiger partial charge is 0.461 e. The normalized spacial score (nSPS) is 16.5. The van der Waals surface area contributed by atoms with Crippen LogP contribution in [0.5, 0.6) is 6.01 Å². The molecule has 2 aromatic carbocycles. The number of hydrogen-bond donors (Lipinski definition) is 5. The Morgan fingerprint density at radius 2 is 1.61 bits per heavy atom.